The van der Waals surface area contributed by atoms with E-state index in [0.29, 0.717) is 21.8 Å². The Bertz CT molecular complexity index is 509. The molecule has 0 aliphatic carbocycles. The number of rotatable bonds is 2. The molecule has 0 spiro atoms. The van der Waals surface area contributed by atoms with Gasteiger partial charge >= 0.3 is 0 Å². The van der Waals surface area contributed by atoms with Crippen molar-refractivity contribution in [3.8, 4) is 0 Å². The van der Waals surface area contributed by atoms with Crippen LogP contribution in [0.1, 0.15) is 20.8 Å². The van der Waals surface area contributed by atoms with Crippen LogP contribution in [-0.4, -0.2) is 5.78 Å². The number of nitrogen functional groups attached to an aromatic ring is 2. The molecule has 0 unspecified atom stereocenters. The summed E-state index contributed by atoms with van der Waals surface area (Å²) in [4.78, 5) is 12.7. The number of carbonyl (C=O) groups is 1. The molecule has 0 amide bonds. The monoisotopic (exact) mass is 232 g/mol. The van der Waals surface area contributed by atoms with E-state index < -0.39 is 0 Å². The molecular weight excluding hydrogens is 220 g/mol. The number of hydrogen-bond acceptors (Lipinski definition) is 4. The van der Waals surface area contributed by atoms with Gasteiger partial charge in [0.1, 0.15) is 0 Å². The molecule has 82 valence electrons. The largest absolute Gasteiger partial charge is 0.397 e. The fourth-order valence-electron chi connectivity index (χ4n) is 1.51. The Kier molecular flexibility index (Phi) is 2.66. The van der Waals surface area contributed by atoms with Crippen molar-refractivity contribution in [2.75, 3.05) is 11.5 Å². The lowest BCUT2D eigenvalue weighted by atomic mass is 10.0. The van der Waals surface area contributed by atoms with Gasteiger partial charge in [0, 0.05) is 5.56 Å². The maximum atomic E-state index is 12.0. The van der Waals surface area contributed by atoms with Gasteiger partial charge in [-0.25, -0.2) is 0 Å². The topological polar surface area (TPSA) is 69.1 Å². The molecule has 0 aliphatic rings. The zero-order chi connectivity index (χ0) is 11.7. The number of aryl methyl sites for hydroxylation is 1. The molecule has 4 heteroatoms. The van der Waals surface area contributed by atoms with Gasteiger partial charge in [0.05, 0.1) is 16.3 Å². The molecule has 0 aliphatic heterocycles. The summed E-state index contributed by atoms with van der Waals surface area (Å²) < 4.78 is 0. The first kappa shape index (κ1) is 10.7. The fraction of sp³-hybridized carbons (Fsp3) is 0.0833. The van der Waals surface area contributed by atoms with Crippen LogP contribution in [0.3, 0.4) is 0 Å². The molecule has 2 rings (SSSR count). The van der Waals surface area contributed by atoms with Crippen LogP contribution >= 0.6 is 11.3 Å². The smallest absolute Gasteiger partial charge is 0.203 e. The van der Waals surface area contributed by atoms with Crippen LogP contribution in [0.15, 0.2) is 29.6 Å². The van der Waals surface area contributed by atoms with Crippen molar-refractivity contribution in [2.45, 2.75) is 6.92 Å². The van der Waals surface area contributed by atoms with Crippen LogP contribution in [0.2, 0.25) is 0 Å². The highest BCUT2D eigenvalue weighted by Gasteiger charge is 2.12. The second kappa shape index (κ2) is 3.98. The minimum atomic E-state index is -0.00944. The molecule has 0 saturated heterocycles. The normalized spacial score (nSPS) is 10.3. The molecular formula is C12H12N2OS. The molecule has 1 heterocycles. The van der Waals surface area contributed by atoms with E-state index in [2.05, 4.69) is 0 Å². The van der Waals surface area contributed by atoms with E-state index in [0.717, 1.165) is 5.56 Å². The predicted molar refractivity (Wildman–Crippen MR) is 67.8 cm³/mol. The Morgan fingerprint density at radius 3 is 2.62 bits per heavy atom. The third-order valence-electron chi connectivity index (χ3n) is 2.43. The van der Waals surface area contributed by atoms with Gasteiger partial charge in [0.15, 0.2) is 0 Å². The van der Waals surface area contributed by atoms with E-state index in [4.69, 9.17) is 11.5 Å². The van der Waals surface area contributed by atoms with Gasteiger partial charge in [-0.05, 0) is 36.1 Å². The fourth-order valence-corrected chi connectivity index (χ4v) is 2.19. The summed E-state index contributed by atoms with van der Waals surface area (Å²) in [7, 11) is 0. The predicted octanol–water partition coefficient (Wildman–Crippen LogP) is 2.45. The number of ketones is 1. The molecule has 0 bridgehead atoms. The molecule has 0 fully saturated rings. The van der Waals surface area contributed by atoms with E-state index >= 15 is 0 Å². The van der Waals surface area contributed by atoms with Gasteiger partial charge in [0.25, 0.3) is 0 Å². The van der Waals surface area contributed by atoms with Crippen molar-refractivity contribution >= 4 is 28.5 Å². The molecule has 0 saturated carbocycles. The number of nitrogens with two attached hydrogens (primary N) is 2. The van der Waals surface area contributed by atoms with Crippen LogP contribution in [-0.2, 0) is 0 Å². The van der Waals surface area contributed by atoms with Gasteiger partial charge in [0.2, 0.25) is 5.78 Å². The average molecular weight is 232 g/mol. The second-order valence-electron chi connectivity index (χ2n) is 3.60. The summed E-state index contributed by atoms with van der Waals surface area (Å²) >= 11 is 1.42. The lowest BCUT2D eigenvalue weighted by Crippen LogP contribution is -2.04. The quantitative estimate of drug-likeness (QED) is 0.617. The zero-order valence-corrected chi connectivity index (χ0v) is 9.67. The average Bonchev–Trinajstić information content (AvgIpc) is 2.77. The van der Waals surface area contributed by atoms with Crippen LogP contribution in [0, 0.1) is 6.92 Å². The third kappa shape index (κ3) is 1.79. The van der Waals surface area contributed by atoms with Crippen molar-refractivity contribution < 1.29 is 4.79 Å². The van der Waals surface area contributed by atoms with Crippen LogP contribution in [0.5, 0.6) is 0 Å². The maximum absolute atomic E-state index is 12.0. The van der Waals surface area contributed by atoms with E-state index in [1.165, 1.54) is 11.3 Å². The Morgan fingerprint density at radius 2 is 2.06 bits per heavy atom. The van der Waals surface area contributed by atoms with Crippen molar-refractivity contribution in [1.82, 2.24) is 0 Å². The Hall–Kier alpha value is -1.81. The minimum absolute atomic E-state index is 0.00944. The zero-order valence-electron chi connectivity index (χ0n) is 8.86. The van der Waals surface area contributed by atoms with Crippen molar-refractivity contribution in [3.63, 3.8) is 0 Å². The van der Waals surface area contributed by atoms with Crippen LogP contribution in [0.25, 0.3) is 0 Å². The minimum Gasteiger partial charge on any atom is -0.397 e. The first-order valence-electron chi connectivity index (χ1n) is 4.83. The molecule has 1 aromatic carbocycles. The number of anilines is 2. The second-order valence-corrected chi connectivity index (χ2v) is 4.55. The molecule has 2 aromatic rings. The molecule has 0 atom stereocenters. The maximum Gasteiger partial charge on any atom is 0.203 e. The van der Waals surface area contributed by atoms with Crippen LogP contribution < -0.4 is 11.5 Å². The van der Waals surface area contributed by atoms with Gasteiger partial charge in [-0.15, -0.1) is 11.3 Å². The van der Waals surface area contributed by atoms with Crippen molar-refractivity contribution in [2.24, 2.45) is 0 Å². The van der Waals surface area contributed by atoms with E-state index in [1.54, 1.807) is 18.2 Å². The first-order chi connectivity index (χ1) is 7.59. The first-order valence-corrected chi connectivity index (χ1v) is 5.71. The highest BCUT2D eigenvalue weighted by Crippen LogP contribution is 2.24. The van der Waals surface area contributed by atoms with E-state index in [-0.39, 0.29) is 5.78 Å². The molecule has 4 N–H and O–H groups in total. The summed E-state index contributed by atoms with van der Waals surface area (Å²) in [6.45, 7) is 1.84. The summed E-state index contributed by atoms with van der Waals surface area (Å²) in [6, 6.07) is 7.05. The van der Waals surface area contributed by atoms with E-state index in [9.17, 15) is 4.79 Å². The number of thiophene rings is 1. The van der Waals surface area contributed by atoms with Crippen molar-refractivity contribution in [3.05, 3.63) is 45.6 Å². The van der Waals surface area contributed by atoms with Crippen LogP contribution in [0.4, 0.5) is 11.4 Å². The lowest BCUT2D eigenvalue weighted by Gasteiger charge is -2.07. The Labute approximate surface area is 97.7 Å². The highest BCUT2D eigenvalue weighted by molar-refractivity contribution is 7.12. The summed E-state index contributed by atoms with van der Waals surface area (Å²) in [5, 5.41) is 1.88. The summed E-state index contributed by atoms with van der Waals surface area (Å²) in [5.74, 6) is -0.00944. The molecule has 16 heavy (non-hydrogen) atoms. The van der Waals surface area contributed by atoms with Crippen molar-refractivity contribution in [1.29, 1.82) is 0 Å². The standard InChI is InChI=1S/C12H12N2OS/c1-7-5-8(6-9(13)11(7)14)12(15)10-3-2-4-16-10/h2-6H,13-14H2,1H3. The SMILES string of the molecule is Cc1cc(C(=O)c2cccs2)cc(N)c1N. The number of carbonyl (C=O) groups excluding carboxylic acids is 1. The van der Waals surface area contributed by atoms with Gasteiger partial charge in [-0.3, -0.25) is 4.79 Å². The third-order valence-corrected chi connectivity index (χ3v) is 3.29. The number of hydrogen-bond donors (Lipinski definition) is 2. The Balaban J connectivity index is 2.46. The van der Waals surface area contributed by atoms with Gasteiger partial charge in [-0.2, -0.15) is 0 Å². The molecule has 1 aromatic heterocycles. The summed E-state index contributed by atoms with van der Waals surface area (Å²) in [5.41, 5.74) is 13.9. The highest BCUT2D eigenvalue weighted by atomic mass is 32.1. The lowest BCUT2D eigenvalue weighted by molar-refractivity contribution is 0.104. The summed E-state index contributed by atoms with van der Waals surface area (Å²) in [6.07, 6.45) is 0. The molecule has 3 nitrogen and oxygen atoms in total. The van der Waals surface area contributed by atoms with E-state index in [1.807, 2.05) is 18.4 Å². The Morgan fingerprint density at radius 1 is 1.31 bits per heavy atom. The number of benzene rings is 1. The molecule has 0 radical (unpaired) electrons. The van der Waals surface area contributed by atoms with Gasteiger partial charge in [-0.1, -0.05) is 6.07 Å². The van der Waals surface area contributed by atoms with Gasteiger partial charge < -0.3 is 11.5 Å².